The molecule has 2 amide bonds. The van der Waals surface area contributed by atoms with Gasteiger partial charge in [-0.1, -0.05) is 12.1 Å². The molecule has 1 N–H and O–H groups in total. The van der Waals surface area contributed by atoms with Crippen LogP contribution in [0, 0.1) is 0 Å². The third kappa shape index (κ3) is 3.80. The molecule has 0 fully saturated rings. The second kappa shape index (κ2) is 6.04. The van der Waals surface area contributed by atoms with Crippen LogP contribution in [0.25, 0.3) is 0 Å². The van der Waals surface area contributed by atoms with Crippen molar-refractivity contribution < 1.29 is 18.0 Å². The van der Waals surface area contributed by atoms with Gasteiger partial charge in [0, 0.05) is 20.4 Å². The second-order valence-electron chi connectivity index (χ2n) is 4.70. The lowest BCUT2D eigenvalue weighted by Crippen LogP contribution is -2.44. The Balaban J connectivity index is 3.03. The van der Waals surface area contributed by atoms with Crippen LogP contribution in [0.1, 0.15) is 17.3 Å². The quantitative estimate of drug-likeness (QED) is 0.866. The predicted molar refractivity (Wildman–Crippen MR) is 75.2 cm³/mol. The van der Waals surface area contributed by atoms with Gasteiger partial charge in [-0.15, -0.1) is 0 Å². The first kappa shape index (κ1) is 16.2. The van der Waals surface area contributed by atoms with E-state index in [2.05, 4.69) is 5.32 Å². The number of amides is 2. The molecule has 0 heterocycles. The molecule has 0 unspecified atom stereocenters. The molecule has 0 radical (unpaired) electrons. The van der Waals surface area contributed by atoms with Crippen LogP contribution in [-0.2, 0) is 14.6 Å². The number of carbonyl (C=O) groups is 2. The molecular formula is C13H18N2O4S. The average molecular weight is 298 g/mol. The fraction of sp³-hybridized carbons (Fsp3) is 0.385. The Hall–Kier alpha value is -1.89. The molecule has 1 atom stereocenters. The minimum Gasteiger partial charge on any atom is -0.347 e. The highest BCUT2D eigenvalue weighted by Crippen LogP contribution is 2.15. The van der Waals surface area contributed by atoms with Gasteiger partial charge in [0.15, 0.2) is 9.84 Å². The van der Waals surface area contributed by atoms with Crippen LogP contribution in [0.5, 0.6) is 0 Å². The van der Waals surface area contributed by atoms with E-state index >= 15 is 0 Å². The number of carbonyl (C=O) groups excluding carboxylic acids is 2. The van der Waals surface area contributed by atoms with Gasteiger partial charge in [0.2, 0.25) is 5.91 Å². The normalized spacial score (nSPS) is 12.6. The summed E-state index contributed by atoms with van der Waals surface area (Å²) in [6.45, 7) is 1.54. The van der Waals surface area contributed by atoms with Gasteiger partial charge in [-0.05, 0) is 19.1 Å². The van der Waals surface area contributed by atoms with E-state index in [1.807, 2.05) is 0 Å². The molecule has 7 heteroatoms. The summed E-state index contributed by atoms with van der Waals surface area (Å²) in [5.74, 6) is -0.857. The largest absolute Gasteiger partial charge is 0.347 e. The molecule has 0 aliphatic heterocycles. The molecule has 1 rings (SSSR count). The topological polar surface area (TPSA) is 83.5 Å². The van der Waals surface area contributed by atoms with Crippen molar-refractivity contribution in [2.75, 3.05) is 20.4 Å². The molecule has 1 aromatic carbocycles. The van der Waals surface area contributed by atoms with Gasteiger partial charge in [0.05, 0.1) is 10.5 Å². The number of sulfone groups is 1. The summed E-state index contributed by atoms with van der Waals surface area (Å²) in [4.78, 5) is 25.1. The molecule has 0 aliphatic rings. The van der Waals surface area contributed by atoms with E-state index < -0.39 is 21.8 Å². The smallest absolute Gasteiger partial charge is 0.253 e. The van der Waals surface area contributed by atoms with Crippen LogP contribution in [0.15, 0.2) is 29.2 Å². The van der Waals surface area contributed by atoms with E-state index in [1.54, 1.807) is 33.2 Å². The van der Waals surface area contributed by atoms with Crippen molar-refractivity contribution in [2.45, 2.75) is 17.9 Å². The van der Waals surface area contributed by atoms with Crippen LogP contribution in [0.4, 0.5) is 0 Å². The fourth-order valence-electron chi connectivity index (χ4n) is 1.70. The summed E-state index contributed by atoms with van der Waals surface area (Å²) in [5.41, 5.74) is 0.0356. The number of hydrogen-bond donors (Lipinski definition) is 1. The summed E-state index contributed by atoms with van der Waals surface area (Å²) >= 11 is 0. The monoisotopic (exact) mass is 298 g/mol. The summed E-state index contributed by atoms with van der Waals surface area (Å²) in [6.07, 6.45) is 1.04. The van der Waals surface area contributed by atoms with Crippen LogP contribution in [-0.4, -0.2) is 51.5 Å². The van der Waals surface area contributed by atoms with E-state index in [9.17, 15) is 18.0 Å². The van der Waals surface area contributed by atoms with Crippen molar-refractivity contribution in [3.05, 3.63) is 29.8 Å². The van der Waals surface area contributed by atoms with Gasteiger partial charge in [-0.25, -0.2) is 8.42 Å². The minimum absolute atomic E-state index is 0.0356. The molecular weight excluding hydrogens is 280 g/mol. The first-order valence-electron chi connectivity index (χ1n) is 5.95. The number of nitrogens with one attached hydrogen (secondary N) is 1. The van der Waals surface area contributed by atoms with Gasteiger partial charge in [-0.2, -0.15) is 0 Å². The van der Waals surface area contributed by atoms with Gasteiger partial charge in [0.25, 0.3) is 5.91 Å². The lowest BCUT2D eigenvalue weighted by molar-refractivity contribution is -0.130. The molecule has 6 nitrogen and oxygen atoms in total. The highest BCUT2D eigenvalue weighted by Gasteiger charge is 2.22. The van der Waals surface area contributed by atoms with E-state index in [1.165, 1.54) is 17.0 Å². The van der Waals surface area contributed by atoms with Gasteiger partial charge in [0.1, 0.15) is 6.04 Å². The van der Waals surface area contributed by atoms with Crippen LogP contribution in [0.3, 0.4) is 0 Å². The maximum absolute atomic E-state index is 12.1. The Morgan fingerprint density at radius 1 is 1.20 bits per heavy atom. The number of benzene rings is 1. The van der Waals surface area contributed by atoms with Crippen molar-refractivity contribution in [1.29, 1.82) is 0 Å². The lowest BCUT2D eigenvalue weighted by Gasteiger charge is -2.18. The summed E-state index contributed by atoms with van der Waals surface area (Å²) in [7, 11) is -0.349. The summed E-state index contributed by atoms with van der Waals surface area (Å²) < 4.78 is 23.3. The third-order valence-electron chi connectivity index (χ3n) is 2.69. The van der Waals surface area contributed by atoms with Crippen LogP contribution in [0.2, 0.25) is 0 Å². The molecule has 0 saturated heterocycles. The number of likely N-dealkylation sites (N-methyl/N-ethyl adjacent to an activating group) is 1. The van der Waals surface area contributed by atoms with Crippen molar-refractivity contribution in [3.63, 3.8) is 0 Å². The Morgan fingerprint density at radius 3 is 2.25 bits per heavy atom. The zero-order chi connectivity index (χ0) is 15.5. The predicted octanol–water partition coefficient (Wildman–Crippen LogP) is 0.297. The van der Waals surface area contributed by atoms with Gasteiger partial charge < -0.3 is 10.2 Å². The fourth-order valence-corrected chi connectivity index (χ4v) is 2.59. The van der Waals surface area contributed by atoms with Gasteiger partial charge >= 0.3 is 0 Å². The molecule has 20 heavy (non-hydrogen) atoms. The minimum atomic E-state index is -3.51. The summed E-state index contributed by atoms with van der Waals surface area (Å²) in [5, 5.41) is 2.50. The molecule has 0 aromatic heterocycles. The Morgan fingerprint density at radius 2 is 1.75 bits per heavy atom. The SMILES string of the molecule is C[C@@H](NC(=O)c1ccccc1S(C)(=O)=O)C(=O)N(C)C. The summed E-state index contributed by atoms with van der Waals surface area (Å²) in [6, 6.07) is 5.16. The zero-order valence-electron chi connectivity index (χ0n) is 11.9. The lowest BCUT2D eigenvalue weighted by atomic mass is 10.2. The number of nitrogens with zero attached hydrogens (tertiary/aromatic N) is 1. The molecule has 1 aromatic rings. The van der Waals surface area contributed by atoms with E-state index in [4.69, 9.17) is 0 Å². The first-order valence-corrected chi connectivity index (χ1v) is 7.85. The average Bonchev–Trinajstić information content (AvgIpc) is 2.36. The Labute approximate surface area is 118 Å². The standard InChI is InChI=1S/C13H18N2O4S/c1-9(13(17)15(2)3)14-12(16)10-7-5-6-8-11(10)20(4,18)19/h5-9H,1-4H3,(H,14,16)/t9-/m1/s1. The molecule has 0 spiro atoms. The number of rotatable bonds is 4. The van der Waals surface area contributed by atoms with Crippen molar-refractivity contribution in [1.82, 2.24) is 10.2 Å². The third-order valence-corrected chi connectivity index (χ3v) is 3.84. The van der Waals surface area contributed by atoms with Crippen molar-refractivity contribution in [3.8, 4) is 0 Å². The molecule has 0 bridgehead atoms. The maximum atomic E-state index is 12.1. The number of hydrogen-bond acceptors (Lipinski definition) is 4. The van der Waals surface area contributed by atoms with Crippen molar-refractivity contribution in [2.24, 2.45) is 0 Å². The molecule has 0 saturated carbocycles. The first-order chi connectivity index (χ1) is 9.14. The van der Waals surface area contributed by atoms with Crippen molar-refractivity contribution >= 4 is 21.7 Å². The highest BCUT2D eigenvalue weighted by atomic mass is 32.2. The van der Waals surface area contributed by atoms with Crippen LogP contribution < -0.4 is 5.32 Å². The van der Waals surface area contributed by atoms with E-state index in [0.29, 0.717) is 0 Å². The zero-order valence-corrected chi connectivity index (χ0v) is 12.7. The van der Waals surface area contributed by atoms with Gasteiger partial charge in [-0.3, -0.25) is 9.59 Å². The highest BCUT2D eigenvalue weighted by molar-refractivity contribution is 7.90. The van der Waals surface area contributed by atoms with E-state index in [-0.39, 0.29) is 16.4 Å². The Kier molecular flexibility index (Phi) is 4.88. The molecule has 110 valence electrons. The second-order valence-corrected chi connectivity index (χ2v) is 6.68. The molecule has 0 aliphatic carbocycles. The maximum Gasteiger partial charge on any atom is 0.253 e. The van der Waals surface area contributed by atoms with E-state index in [0.717, 1.165) is 6.26 Å². The Bertz CT molecular complexity index is 623. The van der Waals surface area contributed by atoms with Crippen LogP contribution >= 0.6 is 0 Å².